The topological polar surface area (TPSA) is 52.6 Å². The number of carbonyl (C=O) groups is 2. The summed E-state index contributed by atoms with van der Waals surface area (Å²) >= 11 is 0. The molecule has 4 nitrogen and oxygen atoms in total. The first-order valence-corrected chi connectivity index (χ1v) is 6.96. The maximum Gasteiger partial charge on any atom is 0.306 e. The van der Waals surface area contributed by atoms with E-state index in [0.29, 0.717) is 0 Å². The van der Waals surface area contributed by atoms with Crippen LogP contribution in [-0.2, 0) is 25.7 Å². The Hall–Kier alpha value is -1.78. The molecule has 0 aromatic heterocycles. The van der Waals surface area contributed by atoms with Crippen molar-refractivity contribution in [1.82, 2.24) is 0 Å². The standard InChI is InChI=1S/C16H21BO4/c1-16(2,3)21-15(19)13(17)9-10-14(18)20-11-12-7-5-4-6-8-12/h4-8,13H,9-11H2,1-3H3. The SMILES string of the molecule is [B]C(CCC(=O)OCc1ccccc1)C(=O)OC(C)(C)C. The third-order valence-corrected chi connectivity index (χ3v) is 2.61. The summed E-state index contributed by atoms with van der Waals surface area (Å²) < 4.78 is 10.3. The quantitative estimate of drug-likeness (QED) is 0.596. The molecule has 0 aliphatic rings. The van der Waals surface area contributed by atoms with E-state index in [1.54, 1.807) is 20.8 Å². The van der Waals surface area contributed by atoms with Crippen LogP contribution >= 0.6 is 0 Å². The van der Waals surface area contributed by atoms with Gasteiger partial charge < -0.3 is 9.47 Å². The molecule has 1 aromatic carbocycles. The zero-order valence-electron chi connectivity index (χ0n) is 12.8. The van der Waals surface area contributed by atoms with Crippen molar-refractivity contribution in [1.29, 1.82) is 0 Å². The fourth-order valence-electron chi connectivity index (χ4n) is 1.58. The van der Waals surface area contributed by atoms with E-state index in [4.69, 9.17) is 17.3 Å². The molecule has 5 heteroatoms. The van der Waals surface area contributed by atoms with E-state index in [1.807, 2.05) is 30.3 Å². The number of hydrogen-bond donors (Lipinski definition) is 0. The number of benzene rings is 1. The molecular weight excluding hydrogens is 267 g/mol. The fourth-order valence-corrected chi connectivity index (χ4v) is 1.58. The fraction of sp³-hybridized carbons (Fsp3) is 0.500. The van der Waals surface area contributed by atoms with Crippen molar-refractivity contribution in [2.24, 2.45) is 0 Å². The zero-order chi connectivity index (χ0) is 15.9. The summed E-state index contributed by atoms with van der Waals surface area (Å²) in [5, 5.41) is 0. The predicted molar refractivity (Wildman–Crippen MR) is 80.8 cm³/mol. The first-order chi connectivity index (χ1) is 9.78. The summed E-state index contributed by atoms with van der Waals surface area (Å²) in [7, 11) is 5.70. The number of ether oxygens (including phenoxy) is 2. The van der Waals surface area contributed by atoms with Crippen molar-refractivity contribution in [3.05, 3.63) is 35.9 Å². The third-order valence-electron chi connectivity index (χ3n) is 2.61. The lowest BCUT2D eigenvalue weighted by Gasteiger charge is -2.22. The molecule has 0 fully saturated rings. The van der Waals surface area contributed by atoms with Crippen LogP contribution in [0.25, 0.3) is 0 Å². The molecule has 2 radical (unpaired) electrons. The highest BCUT2D eigenvalue weighted by Gasteiger charge is 2.22. The van der Waals surface area contributed by atoms with Crippen LogP contribution in [0, 0.1) is 0 Å². The van der Waals surface area contributed by atoms with Gasteiger partial charge in [0.05, 0.1) is 7.85 Å². The van der Waals surface area contributed by atoms with Gasteiger partial charge in [-0.1, -0.05) is 30.3 Å². The van der Waals surface area contributed by atoms with Crippen molar-refractivity contribution in [2.45, 2.75) is 51.6 Å². The molecule has 0 aliphatic heterocycles. The summed E-state index contributed by atoms with van der Waals surface area (Å²) in [4.78, 5) is 23.2. The van der Waals surface area contributed by atoms with Crippen LogP contribution < -0.4 is 0 Å². The van der Waals surface area contributed by atoms with Gasteiger partial charge in [-0.3, -0.25) is 9.59 Å². The first-order valence-electron chi connectivity index (χ1n) is 6.96. The van der Waals surface area contributed by atoms with Gasteiger partial charge >= 0.3 is 11.9 Å². The average Bonchev–Trinajstić information content (AvgIpc) is 2.41. The monoisotopic (exact) mass is 288 g/mol. The molecule has 1 aromatic rings. The Labute approximate surface area is 127 Å². The summed E-state index contributed by atoms with van der Waals surface area (Å²) in [6, 6.07) is 9.40. The summed E-state index contributed by atoms with van der Waals surface area (Å²) in [5.74, 6) is -1.69. The second-order valence-electron chi connectivity index (χ2n) is 5.82. The number of esters is 2. The van der Waals surface area contributed by atoms with Gasteiger partial charge in [-0.05, 0) is 32.8 Å². The van der Waals surface area contributed by atoms with Crippen molar-refractivity contribution in [3.63, 3.8) is 0 Å². The van der Waals surface area contributed by atoms with Crippen LogP contribution in [0.3, 0.4) is 0 Å². The van der Waals surface area contributed by atoms with E-state index in [1.165, 1.54) is 0 Å². The summed E-state index contributed by atoms with van der Waals surface area (Å²) in [5.41, 5.74) is 0.338. The molecule has 21 heavy (non-hydrogen) atoms. The van der Waals surface area contributed by atoms with Crippen molar-refractivity contribution in [2.75, 3.05) is 0 Å². The number of rotatable bonds is 6. The Morgan fingerprint density at radius 1 is 1.19 bits per heavy atom. The molecule has 0 aliphatic carbocycles. The van der Waals surface area contributed by atoms with Crippen LogP contribution in [0.5, 0.6) is 0 Å². The van der Waals surface area contributed by atoms with Gasteiger partial charge in [0.15, 0.2) is 0 Å². The van der Waals surface area contributed by atoms with E-state index in [2.05, 4.69) is 0 Å². The lowest BCUT2D eigenvalue weighted by molar-refractivity contribution is -0.155. The highest BCUT2D eigenvalue weighted by molar-refractivity contribution is 6.22. The van der Waals surface area contributed by atoms with Crippen LogP contribution in [0.2, 0.25) is 5.82 Å². The Bertz CT molecular complexity index is 465. The largest absolute Gasteiger partial charge is 0.461 e. The molecule has 1 unspecified atom stereocenters. The molecule has 0 saturated carbocycles. The number of hydrogen-bond acceptors (Lipinski definition) is 4. The molecule has 0 bridgehead atoms. The molecule has 1 rings (SSSR count). The second kappa shape index (κ2) is 7.86. The van der Waals surface area contributed by atoms with Crippen LogP contribution in [0.15, 0.2) is 30.3 Å². The van der Waals surface area contributed by atoms with Gasteiger partial charge in [0.2, 0.25) is 0 Å². The normalized spacial score (nSPS) is 12.5. The maximum atomic E-state index is 11.7. The summed E-state index contributed by atoms with van der Waals surface area (Å²) in [6.45, 7) is 5.53. The van der Waals surface area contributed by atoms with E-state index in [-0.39, 0.29) is 25.4 Å². The average molecular weight is 288 g/mol. The first kappa shape index (κ1) is 17.3. The van der Waals surface area contributed by atoms with E-state index in [0.717, 1.165) is 5.56 Å². The highest BCUT2D eigenvalue weighted by Crippen LogP contribution is 2.17. The van der Waals surface area contributed by atoms with Gasteiger partial charge in [-0.25, -0.2) is 0 Å². The lowest BCUT2D eigenvalue weighted by atomic mass is 9.83. The van der Waals surface area contributed by atoms with E-state index in [9.17, 15) is 9.59 Å². The molecular formula is C16H21BO4. The Morgan fingerprint density at radius 2 is 1.81 bits per heavy atom. The lowest BCUT2D eigenvalue weighted by Crippen LogP contribution is -2.27. The van der Waals surface area contributed by atoms with Crippen molar-refractivity contribution >= 4 is 19.8 Å². The van der Waals surface area contributed by atoms with Crippen LogP contribution in [0.4, 0.5) is 0 Å². The predicted octanol–water partition coefficient (Wildman–Crippen LogP) is 2.81. The Morgan fingerprint density at radius 3 is 2.38 bits per heavy atom. The minimum atomic E-state index is -0.812. The van der Waals surface area contributed by atoms with Crippen molar-refractivity contribution < 1.29 is 19.1 Å². The van der Waals surface area contributed by atoms with Crippen LogP contribution in [-0.4, -0.2) is 25.4 Å². The molecule has 112 valence electrons. The second-order valence-corrected chi connectivity index (χ2v) is 5.82. The smallest absolute Gasteiger partial charge is 0.306 e. The van der Waals surface area contributed by atoms with Crippen molar-refractivity contribution in [3.8, 4) is 0 Å². The van der Waals surface area contributed by atoms with Crippen LogP contribution in [0.1, 0.15) is 39.2 Å². The number of carbonyl (C=O) groups excluding carboxylic acids is 2. The summed E-state index contributed by atoms with van der Waals surface area (Å²) in [6.07, 6.45) is 0.301. The van der Waals surface area contributed by atoms with E-state index < -0.39 is 17.4 Å². The minimum absolute atomic E-state index is 0.0905. The van der Waals surface area contributed by atoms with Gasteiger partial charge in [0.25, 0.3) is 0 Å². The molecule has 0 heterocycles. The molecule has 0 spiro atoms. The van der Waals surface area contributed by atoms with Gasteiger partial charge in [-0.15, -0.1) is 0 Å². The van der Waals surface area contributed by atoms with Gasteiger partial charge in [-0.2, -0.15) is 0 Å². The molecule has 0 amide bonds. The van der Waals surface area contributed by atoms with Gasteiger partial charge in [0.1, 0.15) is 12.2 Å². The molecule has 0 N–H and O–H groups in total. The molecule has 0 saturated heterocycles. The molecule has 1 atom stereocenters. The third kappa shape index (κ3) is 7.54. The maximum absolute atomic E-state index is 11.7. The Kier molecular flexibility index (Phi) is 6.47. The minimum Gasteiger partial charge on any atom is -0.461 e. The zero-order valence-corrected chi connectivity index (χ0v) is 12.8. The highest BCUT2D eigenvalue weighted by atomic mass is 16.6. The van der Waals surface area contributed by atoms with E-state index >= 15 is 0 Å². The van der Waals surface area contributed by atoms with Gasteiger partial charge in [0, 0.05) is 12.2 Å². The Balaban J connectivity index is 2.28.